The number of rotatable bonds is 9. The largest absolute Gasteiger partial charge is 0.381 e. The average molecular weight is 367 g/mol. The first-order valence-electron chi connectivity index (χ1n) is 10.5. The van der Waals surface area contributed by atoms with Gasteiger partial charge >= 0.3 is 0 Å². The number of hydrogen-bond donors (Lipinski definition) is 1. The summed E-state index contributed by atoms with van der Waals surface area (Å²) in [5.41, 5.74) is 0. The monoisotopic (exact) mass is 366 g/mol. The Hall–Kier alpha value is -1.30. The van der Waals surface area contributed by atoms with E-state index in [0.717, 1.165) is 77.0 Å². The van der Waals surface area contributed by atoms with Crippen molar-refractivity contribution in [3.8, 4) is 0 Å². The van der Waals surface area contributed by atoms with E-state index in [9.17, 15) is 4.79 Å². The first-order chi connectivity index (χ1) is 12.7. The van der Waals surface area contributed by atoms with Crippen LogP contribution in [0.15, 0.2) is 4.99 Å². The number of aliphatic imine (C=N–C) groups is 1. The number of amides is 1. The van der Waals surface area contributed by atoms with Crippen LogP contribution in [-0.2, 0) is 9.53 Å². The van der Waals surface area contributed by atoms with Gasteiger partial charge in [0.1, 0.15) is 0 Å². The van der Waals surface area contributed by atoms with Crippen molar-refractivity contribution in [2.75, 3.05) is 46.4 Å². The minimum Gasteiger partial charge on any atom is -0.381 e. The Morgan fingerprint density at radius 3 is 2.77 bits per heavy atom. The fraction of sp³-hybridized carbons (Fsp3) is 0.900. The highest BCUT2D eigenvalue weighted by atomic mass is 16.5. The summed E-state index contributed by atoms with van der Waals surface area (Å²) in [5, 5.41) is 3.41. The molecule has 1 N–H and O–H groups in total. The molecule has 2 aliphatic heterocycles. The summed E-state index contributed by atoms with van der Waals surface area (Å²) >= 11 is 0. The van der Waals surface area contributed by atoms with Gasteiger partial charge in [-0.1, -0.05) is 6.92 Å². The van der Waals surface area contributed by atoms with Gasteiger partial charge in [0.2, 0.25) is 5.91 Å². The van der Waals surface area contributed by atoms with Gasteiger partial charge in [0, 0.05) is 58.9 Å². The van der Waals surface area contributed by atoms with Crippen molar-refractivity contribution < 1.29 is 9.53 Å². The van der Waals surface area contributed by atoms with Crippen LogP contribution in [0.25, 0.3) is 0 Å². The van der Waals surface area contributed by atoms with E-state index in [1.165, 1.54) is 19.3 Å². The molecular weight excluding hydrogens is 328 g/mol. The third kappa shape index (κ3) is 6.45. The molecule has 2 heterocycles. The van der Waals surface area contributed by atoms with Gasteiger partial charge in [-0.3, -0.25) is 9.79 Å². The lowest BCUT2D eigenvalue weighted by molar-refractivity contribution is -0.129. The lowest BCUT2D eigenvalue weighted by Gasteiger charge is -2.28. The molecule has 1 atom stereocenters. The van der Waals surface area contributed by atoms with E-state index in [0.29, 0.717) is 11.9 Å². The van der Waals surface area contributed by atoms with Gasteiger partial charge in [0.25, 0.3) is 0 Å². The normalized spacial score (nSPS) is 20.5. The van der Waals surface area contributed by atoms with Crippen LogP contribution in [-0.4, -0.2) is 74.1 Å². The van der Waals surface area contributed by atoms with Gasteiger partial charge < -0.3 is 19.9 Å². The van der Waals surface area contributed by atoms with Crippen molar-refractivity contribution in [3.05, 3.63) is 0 Å². The molecule has 6 nitrogen and oxygen atoms in total. The number of hydrogen-bond acceptors (Lipinski definition) is 3. The minimum absolute atomic E-state index is 0.321. The predicted molar refractivity (Wildman–Crippen MR) is 106 cm³/mol. The van der Waals surface area contributed by atoms with Crippen LogP contribution >= 0.6 is 0 Å². The van der Waals surface area contributed by atoms with Crippen LogP contribution in [0.5, 0.6) is 0 Å². The zero-order chi connectivity index (χ0) is 18.8. The molecule has 6 heteroatoms. The third-order valence-electron chi connectivity index (χ3n) is 5.66. The molecule has 150 valence electrons. The Labute approximate surface area is 159 Å². The van der Waals surface area contributed by atoms with E-state index in [2.05, 4.69) is 36.0 Å². The van der Waals surface area contributed by atoms with Gasteiger partial charge in [-0.05, 0) is 51.4 Å². The van der Waals surface area contributed by atoms with Crippen LogP contribution < -0.4 is 5.32 Å². The van der Waals surface area contributed by atoms with Gasteiger partial charge in [-0.25, -0.2) is 0 Å². The van der Waals surface area contributed by atoms with E-state index in [1.54, 1.807) is 0 Å². The van der Waals surface area contributed by atoms with Crippen molar-refractivity contribution >= 4 is 11.9 Å². The van der Waals surface area contributed by atoms with Crippen LogP contribution in [0.2, 0.25) is 0 Å². The number of carbonyl (C=O) groups is 1. The zero-order valence-electron chi connectivity index (χ0n) is 17.0. The standard InChI is InChI=1S/C20H38N4O2/c1-4-18(24-13-6-7-19(24)25)8-12-22-20(21-5-2)23(3)14-9-17-10-15-26-16-11-17/h17-18H,4-16H2,1-3H3,(H,21,22). The van der Waals surface area contributed by atoms with Crippen molar-refractivity contribution in [1.82, 2.24) is 15.1 Å². The minimum atomic E-state index is 0.321. The molecule has 2 fully saturated rings. The topological polar surface area (TPSA) is 57.2 Å². The number of nitrogens with one attached hydrogen (secondary N) is 1. The number of nitrogens with zero attached hydrogens (tertiary/aromatic N) is 3. The van der Waals surface area contributed by atoms with Crippen LogP contribution in [0, 0.1) is 5.92 Å². The maximum Gasteiger partial charge on any atom is 0.222 e. The van der Waals surface area contributed by atoms with E-state index in [4.69, 9.17) is 9.73 Å². The van der Waals surface area contributed by atoms with Crippen molar-refractivity contribution in [1.29, 1.82) is 0 Å². The molecule has 0 saturated carbocycles. The Bertz CT molecular complexity index is 449. The number of ether oxygens (including phenoxy) is 1. The molecule has 26 heavy (non-hydrogen) atoms. The molecule has 1 amide bonds. The molecule has 2 rings (SSSR count). The smallest absolute Gasteiger partial charge is 0.222 e. The molecule has 0 radical (unpaired) electrons. The van der Waals surface area contributed by atoms with Crippen molar-refractivity contribution in [2.45, 2.75) is 64.8 Å². The Kier molecular flexibility index (Phi) is 9.23. The quantitative estimate of drug-likeness (QED) is 0.503. The number of likely N-dealkylation sites (tertiary alicyclic amines) is 1. The lowest BCUT2D eigenvalue weighted by atomic mass is 9.96. The first-order valence-corrected chi connectivity index (χ1v) is 10.5. The van der Waals surface area contributed by atoms with E-state index >= 15 is 0 Å². The van der Waals surface area contributed by atoms with Gasteiger partial charge in [0.15, 0.2) is 5.96 Å². The summed E-state index contributed by atoms with van der Waals surface area (Å²) in [6.45, 7) is 9.70. The SMILES string of the molecule is CCNC(=NCCC(CC)N1CCCC1=O)N(C)CCC1CCOCC1. The van der Waals surface area contributed by atoms with Crippen LogP contribution in [0.4, 0.5) is 0 Å². The summed E-state index contributed by atoms with van der Waals surface area (Å²) in [6, 6.07) is 0.337. The summed E-state index contributed by atoms with van der Waals surface area (Å²) in [6.07, 6.45) is 7.26. The summed E-state index contributed by atoms with van der Waals surface area (Å²) in [4.78, 5) is 21.1. The second-order valence-electron chi connectivity index (χ2n) is 7.54. The molecule has 0 bridgehead atoms. The Morgan fingerprint density at radius 1 is 1.38 bits per heavy atom. The van der Waals surface area contributed by atoms with E-state index in [-0.39, 0.29) is 0 Å². The fourth-order valence-electron chi connectivity index (χ4n) is 3.94. The highest BCUT2D eigenvalue weighted by Crippen LogP contribution is 2.19. The molecule has 1 unspecified atom stereocenters. The third-order valence-corrected chi connectivity index (χ3v) is 5.66. The molecular formula is C20H38N4O2. The van der Waals surface area contributed by atoms with Crippen LogP contribution in [0.1, 0.15) is 58.8 Å². The Morgan fingerprint density at radius 2 is 2.15 bits per heavy atom. The molecule has 0 aliphatic carbocycles. The van der Waals surface area contributed by atoms with Crippen molar-refractivity contribution in [2.24, 2.45) is 10.9 Å². The molecule has 0 spiro atoms. The average Bonchev–Trinajstić information content (AvgIpc) is 3.09. The second-order valence-corrected chi connectivity index (χ2v) is 7.54. The Balaban J connectivity index is 1.80. The van der Waals surface area contributed by atoms with Crippen LogP contribution in [0.3, 0.4) is 0 Å². The lowest BCUT2D eigenvalue weighted by Crippen LogP contribution is -2.40. The summed E-state index contributed by atoms with van der Waals surface area (Å²) in [7, 11) is 2.13. The number of carbonyl (C=O) groups excluding carboxylic acids is 1. The fourth-order valence-corrected chi connectivity index (χ4v) is 3.94. The number of guanidine groups is 1. The highest BCUT2D eigenvalue weighted by Gasteiger charge is 2.26. The van der Waals surface area contributed by atoms with E-state index < -0.39 is 0 Å². The van der Waals surface area contributed by atoms with Gasteiger partial charge in [-0.15, -0.1) is 0 Å². The van der Waals surface area contributed by atoms with Gasteiger partial charge in [-0.2, -0.15) is 0 Å². The molecule has 2 aliphatic rings. The molecule has 0 aromatic rings. The maximum atomic E-state index is 12.0. The first kappa shape index (κ1) is 21.0. The van der Waals surface area contributed by atoms with E-state index in [1.807, 2.05) is 0 Å². The molecule has 0 aromatic heterocycles. The predicted octanol–water partition coefficient (Wildman–Crippen LogP) is 2.49. The maximum absolute atomic E-state index is 12.0. The van der Waals surface area contributed by atoms with Gasteiger partial charge in [0.05, 0.1) is 0 Å². The summed E-state index contributed by atoms with van der Waals surface area (Å²) < 4.78 is 5.45. The highest BCUT2D eigenvalue weighted by molar-refractivity contribution is 5.79. The summed E-state index contributed by atoms with van der Waals surface area (Å²) in [5.74, 6) is 2.09. The van der Waals surface area contributed by atoms with Crippen molar-refractivity contribution in [3.63, 3.8) is 0 Å². The second kappa shape index (κ2) is 11.4. The molecule has 0 aromatic carbocycles. The zero-order valence-corrected chi connectivity index (χ0v) is 17.0. The molecule has 2 saturated heterocycles.